The Morgan fingerprint density at radius 1 is 1.15 bits per heavy atom. The van der Waals surface area contributed by atoms with Gasteiger partial charge in [0.25, 0.3) is 5.91 Å². The summed E-state index contributed by atoms with van der Waals surface area (Å²) in [4.78, 5) is 18.8. The summed E-state index contributed by atoms with van der Waals surface area (Å²) in [5, 5.41) is 4.02. The minimum atomic E-state index is -0.605. The molecule has 0 aliphatic rings. The minimum absolute atomic E-state index is 0.128. The minimum Gasteiger partial charge on any atom is -0.481 e. The van der Waals surface area contributed by atoms with E-state index < -0.39 is 6.10 Å². The van der Waals surface area contributed by atoms with E-state index in [1.807, 2.05) is 68.4 Å². The van der Waals surface area contributed by atoms with Crippen LogP contribution in [0.1, 0.15) is 25.3 Å². The van der Waals surface area contributed by atoms with Crippen LogP contribution in [-0.4, -0.2) is 33.6 Å². The number of rotatable bonds is 7. The Labute approximate surface area is 158 Å². The third-order valence-corrected chi connectivity index (χ3v) is 4.20. The summed E-state index contributed by atoms with van der Waals surface area (Å²) in [5.74, 6) is 1.44. The molecule has 0 saturated carbocycles. The van der Waals surface area contributed by atoms with Crippen molar-refractivity contribution in [2.75, 3.05) is 6.54 Å². The maximum absolute atomic E-state index is 12.7. The largest absolute Gasteiger partial charge is 0.481 e. The molecule has 0 unspecified atom stereocenters. The summed E-state index contributed by atoms with van der Waals surface area (Å²) in [6, 6.07) is 17.2. The van der Waals surface area contributed by atoms with Crippen LogP contribution in [0.15, 0.2) is 59.1 Å². The Balaban J connectivity index is 1.66. The zero-order valence-electron chi connectivity index (χ0n) is 15.8. The van der Waals surface area contributed by atoms with Crippen LogP contribution in [0.4, 0.5) is 0 Å². The Bertz CT molecular complexity index is 875. The van der Waals surface area contributed by atoms with Gasteiger partial charge in [-0.15, -0.1) is 0 Å². The molecule has 0 aliphatic heterocycles. The van der Waals surface area contributed by atoms with Crippen molar-refractivity contribution in [3.05, 3.63) is 66.1 Å². The Hall–Kier alpha value is -3.15. The number of likely N-dealkylation sites (N-methyl/N-ethyl adjacent to an activating group) is 1. The van der Waals surface area contributed by atoms with Gasteiger partial charge in [0.15, 0.2) is 6.10 Å². The molecule has 27 heavy (non-hydrogen) atoms. The smallest absolute Gasteiger partial charge is 0.263 e. The molecule has 2 aromatic carbocycles. The second kappa shape index (κ2) is 8.49. The first-order valence-electron chi connectivity index (χ1n) is 8.97. The summed E-state index contributed by atoms with van der Waals surface area (Å²) in [5.41, 5.74) is 2.04. The summed E-state index contributed by atoms with van der Waals surface area (Å²) >= 11 is 0. The van der Waals surface area contributed by atoms with Crippen LogP contribution < -0.4 is 4.74 Å². The van der Waals surface area contributed by atoms with Crippen LogP contribution in [0.3, 0.4) is 0 Å². The van der Waals surface area contributed by atoms with Gasteiger partial charge in [-0.2, -0.15) is 4.98 Å². The van der Waals surface area contributed by atoms with Crippen molar-refractivity contribution in [1.29, 1.82) is 0 Å². The molecule has 0 spiro atoms. The van der Waals surface area contributed by atoms with Crippen molar-refractivity contribution < 1.29 is 14.1 Å². The SMILES string of the molecule is CCN(Cc1nc(-c2ccc(C)cc2)no1)C(=O)[C@@H](C)Oc1ccccc1. The van der Waals surface area contributed by atoms with E-state index in [0.29, 0.717) is 24.0 Å². The number of carbonyl (C=O) groups excluding carboxylic acids is 1. The van der Waals surface area contributed by atoms with Crippen molar-refractivity contribution in [2.45, 2.75) is 33.4 Å². The third-order valence-electron chi connectivity index (χ3n) is 4.20. The highest BCUT2D eigenvalue weighted by Crippen LogP contribution is 2.18. The molecule has 1 heterocycles. The second-order valence-corrected chi connectivity index (χ2v) is 6.30. The number of aromatic nitrogens is 2. The Kier molecular flexibility index (Phi) is 5.86. The van der Waals surface area contributed by atoms with Crippen molar-refractivity contribution in [3.63, 3.8) is 0 Å². The topological polar surface area (TPSA) is 68.5 Å². The molecule has 1 atom stereocenters. The molecule has 0 radical (unpaired) electrons. The second-order valence-electron chi connectivity index (χ2n) is 6.30. The summed E-state index contributed by atoms with van der Waals surface area (Å²) in [7, 11) is 0. The van der Waals surface area contributed by atoms with Gasteiger partial charge in [-0.05, 0) is 32.9 Å². The molecule has 1 amide bonds. The fourth-order valence-electron chi connectivity index (χ4n) is 2.66. The maximum atomic E-state index is 12.7. The van der Waals surface area contributed by atoms with E-state index in [1.165, 1.54) is 0 Å². The van der Waals surface area contributed by atoms with E-state index in [2.05, 4.69) is 10.1 Å². The number of ether oxygens (including phenoxy) is 1. The standard InChI is InChI=1S/C21H23N3O3/c1-4-24(21(25)16(3)26-18-8-6-5-7-9-18)14-19-22-20(23-27-19)17-12-10-15(2)11-13-17/h5-13,16H,4,14H2,1-3H3/t16-/m1/s1. The molecule has 0 aliphatic carbocycles. The van der Waals surface area contributed by atoms with Gasteiger partial charge < -0.3 is 14.2 Å². The highest BCUT2D eigenvalue weighted by molar-refractivity contribution is 5.80. The first-order chi connectivity index (χ1) is 13.1. The van der Waals surface area contributed by atoms with Crippen LogP contribution in [-0.2, 0) is 11.3 Å². The molecule has 3 aromatic rings. The lowest BCUT2D eigenvalue weighted by Crippen LogP contribution is -2.40. The predicted octanol–water partition coefficient (Wildman–Crippen LogP) is 3.86. The molecule has 0 N–H and O–H groups in total. The molecule has 6 nitrogen and oxygen atoms in total. The molecule has 6 heteroatoms. The van der Waals surface area contributed by atoms with Gasteiger partial charge in [0.05, 0.1) is 0 Å². The normalized spacial score (nSPS) is 11.8. The van der Waals surface area contributed by atoms with Crippen LogP contribution in [0.2, 0.25) is 0 Å². The number of para-hydroxylation sites is 1. The Morgan fingerprint density at radius 2 is 1.85 bits per heavy atom. The van der Waals surface area contributed by atoms with Gasteiger partial charge in [-0.25, -0.2) is 0 Å². The number of benzene rings is 2. The zero-order chi connectivity index (χ0) is 19.2. The number of aryl methyl sites for hydroxylation is 1. The van der Waals surface area contributed by atoms with E-state index in [9.17, 15) is 4.79 Å². The van der Waals surface area contributed by atoms with Crippen molar-refractivity contribution in [3.8, 4) is 17.1 Å². The highest BCUT2D eigenvalue weighted by atomic mass is 16.5. The fourth-order valence-corrected chi connectivity index (χ4v) is 2.66. The van der Waals surface area contributed by atoms with E-state index in [4.69, 9.17) is 9.26 Å². The summed E-state index contributed by atoms with van der Waals surface area (Å²) in [6.45, 7) is 6.43. The predicted molar refractivity (Wildman–Crippen MR) is 102 cm³/mol. The maximum Gasteiger partial charge on any atom is 0.263 e. The van der Waals surface area contributed by atoms with Crippen LogP contribution >= 0.6 is 0 Å². The van der Waals surface area contributed by atoms with Crippen LogP contribution in [0.5, 0.6) is 5.75 Å². The monoisotopic (exact) mass is 365 g/mol. The first-order valence-corrected chi connectivity index (χ1v) is 8.97. The average molecular weight is 365 g/mol. The van der Waals surface area contributed by atoms with Crippen molar-refractivity contribution in [2.24, 2.45) is 0 Å². The first kappa shape index (κ1) is 18.6. The van der Waals surface area contributed by atoms with Gasteiger partial charge in [0, 0.05) is 12.1 Å². The van der Waals surface area contributed by atoms with Gasteiger partial charge in [0.2, 0.25) is 11.7 Å². The lowest BCUT2D eigenvalue weighted by molar-refractivity contribution is -0.138. The molecule has 0 saturated heterocycles. The molecule has 140 valence electrons. The van der Waals surface area contributed by atoms with Gasteiger partial charge in [-0.3, -0.25) is 4.79 Å². The van der Waals surface area contributed by atoms with Gasteiger partial charge in [0.1, 0.15) is 12.3 Å². The lowest BCUT2D eigenvalue weighted by atomic mass is 10.1. The molecule has 0 fully saturated rings. The fraction of sp³-hybridized carbons (Fsp3) is 0.286. The van der Waals surface area contributed by atoms with Crippen LogP contribution in [0, 0.1) is 6.92 Å². The zero-order valence-corrected chi connectivity index (χ0v) is 15.8. The van der Waals surface area contributed by atoms with E-state index in [1.54, 1.807) is 11.8 Å². The number of nitrogens with zero attached hydrogens (tertiary/aromatic N) is 3. The van der Waals surface area contributed by atoms with Gasteiger partial charge in [-0.1, -0.05) is 53.2 Å². The molecule has 0 bridgehead atoms. The quantitative estimate of drug-likeness (QED) is 0.636. The summed E-state index contributed by atoms with van der Waals surface area (Å²) < 4.78 is 11.1. The van der Waals surface area contributed by atoms with Crippen molar-refractivity contribution >= 4 is 5.91 Å². The molecule has 1 aromatic heterocycles. The number of carbonyl (C=O) groups is 1. The van der Waals surface area contributed by atoms with Crippen molar-refractivity contribution in [1.82, 2.24) is 15.0 Å². The van der Waals surface area contributed by atoms with Crippen LogP contribution in [0.25, 0.3) is 11.4 Å². The van der Waals surface area contributed by atoms with E-state index in [0.717, 1.165) is 11.1 Å². The number of hydrogen-bond donors (Lipinski definition) is 0. The van der Waals surface area contributed by atoms with Gasteiger partial charge >= 0.3 is 0 Å². The number of hydrogen-bond acceptors (Lipinski definition) is 5. The molecular formula is C21H23N3O3. The third kappa shape index (κ3) is 4.73. The highest BCUT2D eigenvalue weighted by Gasteiger charge is 2.23. The van der Waals surface area contributed by atoms with E-state index >= 15 is 0 Å². The summed E-state index contributed by atoms with van der Waals surface area (Å²) in [6.07, 6.45) is -0.605. The molecular weight excluding hydrogens is 342 g/mol. The lowest BCUT2D eigenvalue weighted by Gasteiger charge is -2.23. The van der Waals surface area contributed by atoms with E-state index in [-0.39, 0.29) is 12.5 Å². The average Bonchev–Trinajstić information content (AvgIpc) is 3.15. The Morgan fingerprint density at radius 3 is 2.52 bits per heavy atom. The molecule has 3 rings (SSSR count). The number of amides is 1.